The van der Waals surface area contributed by atoms with E-state index in [-0.39, 0.29) is 6.04 Å². The van der Waals surface area contributed by atoms with Gasteiger partial charge in [-0.2, -0.15) is 4.31 Å². The Kier molecular flexibility index (Phi) is 4.65. The van der Waals surface area contributed by atoms with Gasteiger partial charge in [-0.15, -0.1) is 0 Å². The van der Waals surface area contributed by atoms with Crippen LogP contribution in [0.25, 0.3) is 0 Å². The van der Waals surface area contributed by atoms with Crippen LogP contribution in [0.2, 0.25) is 0 Å². The van der Waals surface area contributed by atoms with E-state index in [0.717, 1.165) is 31.4 Å². The molecule has 6 heteroatoms. The molecule has 2 rings (SSSR count). The van der Waals surface area contributed by atoms with Gasteiger partial charge in [-0.25, -0.2) is 8.42 Å². The van der Waals surface area contributed by atoms with Crippen LogP contribution in [0.5, 0.6) is 0 Å². The highest BCUT2D eigenvalue weighted by Gasteiger charge is 2.29. The van der Waals surface area contributed by atoms with Gasteiger partial charge in [0.05, 0.1) is 4.90 Å². The highest BCUT2D eigenvalue weighted by molar-refractivity contribution is 7.89. The van der Waals surface area contributed by atoms with Gasteiger partial charge in [-0.1, -0.05) is 25.7 Å². The molecule has 108 valence electrons. The summed E-state index contributed by atoms with van der Waals surface area (Å²) in [5, 5.41) is 0. The minimum atomic E-state index is -3.40. The summed E-state index contributed by atoms with van der Waals surface area (Å²) in [5.41, 5.74) is 6.25. The predicted molar refractivity (Wildman–Crippen MR) is 75.1 cm³/mol. The second-order valence-electron chi connectivity index (χ2n) is 5.23. The van der Waals surface area contributed by atoms with Gasteiger partial charge in [0.1, 0.15) is 0 Å². The van der Waals surface area contributed by atoms with Crippen molar-refractivity contribution in [3.05, 3.63) is 18.0 Å². The summed E-state index contributed by atoms with van der Waals surface area (Å²) in [6.07, 6.45) is 8.12. The summed E-state index contributed by atoms with van der Waals surface area (Å²) in [7, 11) is -1.70. The van der Waals surface area contributed by atoms with E-state index in [2.05, 4.69) is 4.98 Å². The molecule has 5 nitrogen and oxygen atoms in total. The minimum absolute atomic E-state index is 0.128. The van der Waals surface area contributed by atoms with Crippen molar-refractivity contribution < 1.29 is 8.42 Å². The molecule has 0 bridgehead atoms. The molecule has 1 fully saturated rings. The van der Waals surface area contributed by atoms with Crippen molar-refractivity contribution in [1.82, 2.24) is 9.29 Å². The van der Waals surface area contributed by atoms with E-state index in [4.69, 9.17) is 5.73 Å². The van der Waals surface area contributed by atoms with Crippen LogP contribution in [0.1, 0.15) is 44.2 Å². The van der Waals surface area contributed by atoms with Crippen LogP contribution in [-0.2, 0) is 16.6 Å². The Bertz CT molecular complexity index is 502. The summed E-state index contributed by atoms with van der Waals surface area (Å²) in [6.45, 7) is 0.322. The van der Waals surface area contributed by atoms with Gasteiger partial charge < -0.3 is 10.7 Å². The summed E-state index contributed by atoms with van der Waals surface area (Å²) < 4.78 is 26.6. The van der Waals surface area contributed by atoms with Gasteiger partial charge in [0, 0.05) is 31.5 Å². The summed E-state index contributed by atoms with van der Waals surface area (Å²) in [6, 6.07) is 1.76. The van der Waals surface area contributed by atoms with Crippen molar-refractivity contribution >= 4 is 10.0 Å². The number of nitrogens with two attached hydrogens (primary N) is 1. The first kappa shape index (κ1) is 14.6. The van der Waals surface area contributed by atoms with E-state index in [1.807, 2.05) is 0 Å². The summed E-state index contributed by atoms with van der Waals surface area (Å²) in [5.74, 6) is 0. The number of aromatic amines is 1. The molecule has 1 aliphatic carbocycles. The molecule has 0 atom stereocenters. The number of hydrogen-bond acceptors (Lipinski definition) is 3. The standard InChI is InChI=1S/C13H23N3O2S/c1-16(12-6-4-2-3-5-7-12)19(17,18)13-8-11(9-14)15-10-13/h8,10,12,15H,2-7,9,14H2,1H3. The monoisotopic (exact) mass is 285 g/mol. The van der Waals surface area contributed by atoms with Crippen molar-refractivity contribution in [3.8, 4) is 0 Å². The fourth-order valence-electron chi connectivity index (χ4n) is 2.67. The molecule has 0 amide bonds. The number of rotatable bonds is 4. The Morgan fingerprint density at radius 2 is 1.95 bits per heavy atom. The summed E-state index contributed by atoms with van der Waals surface area (Å²) in [4.78, 5) is 3.22. The van der Waals surface area contributed by atoms with Crippen molar-refractivity contribution in [2.24, 2.45) is 5.73 Å². The third-order valence-electron chi connectivity index (χ3n) is 3.95. The molecule has 0 aromatic carbocycles. The number of hydrogen-bond donors (Lipinski definition) is 2. The summed E-state index contributed by atoms with van der Waals surface area (Å²) >= 11 is 0. The average Bonchev–Trinajstić information content (AvgIpc) is 2.74. The van der Waals surface area contributed by atoms with Crippen LogP contribution in [0.4, 0.5) is 0 Å². The fraction of sp³-hybridized carbons (Fsp3) is 0.692. The van der Waals surface area contributed by atoms with Gasteiger partial charge in [0.2, 0.25) is 10.0 Å². The maximum Gasteiger partial charge on any atom is 0.244 e. The highest BCUT2D eigenvalue weighted by Crippen LogP contribution is 2.26. The van der Waals surface area contributed by atoms with Crippen LogP contribution < -0.4 is 5.73 Å². The Hall–Kier alpha value is -0.850. The smallest absolute Gasteiger partial charge is 0.244 e. The molecule has 19 heavy (non-hydrogen) atoms. The molecule has 0 aliphatic heterocycles. The molecule has 1 saturated carbocycles. The quantitative estimate of drug-likeness (QED) is 0.828. The first-order valence-corrected chi connectivity index (χ1v) is 8.35. The van der Waals surface area contributed by atoms with Crippen LogP contribution in [0.15, 0.2) is 17.2 Å². The molecular weight excluding hydrogens is 262 g/mol. The largest absolute Gasteiger partial charge is 0.363 e. The van der Waals surface area contributed by atoms with Crippen LogP contribution >= 0.6 is 0 Å². The molecule has 3 N–H and O–H groups in total. The van der Waals surface area contributed by atoms with E-state index in [1.54, 1.807) is 17.4 Å². The lowest BCUT2D eigenvalue weighted by Crippen LogP contribution is -2.36. The first-order chi connectivity index (χ1) is 9.05. The number of aromatic nitrogens is 1. The van der Waals surface area contributed by atoms with Gasteiger partial charge in [0.25, 0.3) is 0 Å². The zero-order valence-corrected chi connectivity index (χ0v) is 12.2. The number of nitrogens with one attached hydrogen (secondary N) is 1. The average molecular weight is 285 g/mol. The Balaban J connectivity index is 2.17. The molecule has 0 saturated heterocycles. The lowest BCUT2D eigenvalue weighted by Gasteiger charge is -2.25. The first-order valence-electron chi connectivity index (χ1n) is 6.91. The normalized spacial score (nSPS) is 18.7. The molecule has 0 radical (unpaired) electrons. The molecule has 1 aliphatic rings. The van der Waals surface area contributed by atoms with Crippen LogP contribution in [0.3, 0.4) is 0 Å². The predicted octanol–water partition coefficient (Wildman–Crippen LogP) is 1.82. The zero-order valence-electron chi connectivity index (χ0n) is 11.4. The number of nitrogens with zero attached hydrogens (tertiary/aromatic N) is 1. The van der Waals surface area contributed by atoms with Gasteiger partial charge in [0.15, 0.2) is 0 Å². The maximum absolute atomic E-state index is 12.5. The van der Waals surface area contributed by atoms with Crippen LogP contribution in [0, 0.1) is 0 Å². The second-order valence-corrected chi connectivity index (χ2v) is 7.23. The molecule has 0 unspecified atom stereocenters. The van der Waals surface area contributed by atoms with Gasteiger partial charge in [-0.3, -0.25) is 0 Å². The molecule has 1 aromatic heterocycles. The molecular formula is C13H23N3O2S. The maximum atomic E-state index is 12.5. The highest BCUT2D eigenvalue weighted by atomic mass is 32.2. The van der Waals surface area contributed by atoms with Crippen molar-refractivity contribution in [3.63, 3.8) is 0 Å². The minimum Gasteiger partial charge on any atom is -0.363 e. The van der Waals surface area contributed by atoms with E-state index in [1.165, 1.54) is 19.0 Å². The molecule has 1 aromatic rings. The van der Waals surface area contributed by atoms with Gasteiger partial charge >= 0.3 is 0 Å². The van der Waals surface area contributed by atoms with E-state index < -0.39 is 10.0 Å². The fourth-order valence-corrected chi connectivity index (χ4v) is 4.10. The van der Waals surface area contributed by atoms with E-state index >= 15 is 0 Å². The van der Waals surface area contributed by atoms with Crippen molar-refractivity contribution in [2.45, 2.75) is 56.0 Å². The third kappa shape index (κ3) is 3.19. The Morgan fingerprint density at radius 3 is 2.47 bits per heavy atom. The lowest BCUT2D eigenvalue weighted by molar-refractivity contribution is 0.336. The van der Waals surface area contributed by atoms with E-state index in [9.17, 15) is 8.42 Å². The SMILES string of the molecule is CN(C1CCCCCC1)S(=O)(=O)c1c[nH]c(CN)c1. The van der Waals surface area contributed by atoms with Gasteiger partial charge in [-0.05, 0) is 18.9 Å². The molecule has 0 spiro atoms. The lowest BCUT2D eigenvalue weighted by atomic mass is 10.1. The number of sulfonamides is 1. The molecule has 1 heterocycles. The van der Waals surface area contributed by atoms with E-state index in [0.29, 0.717) is 11.4 Å². The topological polar surface area (TPSA) is 79.2 Å². The van der Waals surface area contributed by atoms with Crippen molar-refractivity contribution in [1.29, 1.82) is 0 Å². The number of H-pyrrole nitrogens is 1. The van der Waals surface area contributed by atoms with Crippen LogP contribution in [-0.4, -0.2) is 30.8 Å². The van der Waals surface area contributed by atoms with Crippen molar-refractivity contribution in [2.75, 3.05) is 7.05 Å². The Morgan fingerprint density at radius 1 is 1.32 bits per heavy atom. The zero-order chi connectivity index (χ0) is 13.9. The second kappa shape index (κ2) is 6.07. The Labute approximate surface area is 115 Å². The third-order valence-corrected chi connectivity index (χ3v) is 5.84.